The van der Waals surface area contributed by atoms with Gasteiger partial charge in [-0.05, 0) is 11.8 Å². The molecule has 0 bridgehead atoms. The van der Waals surface area contributed by atoms with E-state index in [1.54, 1.807) is 11.8 Å². The van der Waals surface area contributed by atoms with E-state index in [4.69, 9.17) is 0 Å². The third kappa shape index (κ3) is 6.97. The van der Waals surface area contributed by atoms with Crippen molar-refractivity contribution in [2.45, 2.75) is 18.2 Å². The molecule has 0 unspecified atom stereocenters. The third-order valence-corrected chi connectivity index (χ3v) is 5.12. The topological polar surface area (TPSA) is 118 Å². The highest BCUT2D eigenvalue weighted by Crippen LogP contribution is 2.16. The summed E-state index contributed by atoms with van der Waals surface area (Å²) in [4.78, 5) is 21.3. The lowest BCUT2D eigenvalue weighted by molar-refractivity contribution is -0.385. The molecule has 0 atom stereocenters. The fraction of sp³-hybridized carbons (Fsp3) is 0.462. The summed E-state index contributed by atoms with van der Waals surface area (Å²) in [7, 11) is -3.84. The Hall–Kier alpha value is -1.65. The normalized spacial score (nSPS) is 11.2. The SMILES string of the molecule is CCSCCC(=O)NCCNS(=O)(=O)c1cccc([N+](=O)[O-])c1. The molecule has 2 N–H and O–H groups in total. The Balaban J connectivity index is 2.46. The van der Waals surface area contributed by atoms with Crippen molar-refractivity contribution < 1.29 is 18.1 Å². The molecule has 0 radical (unpaired) electrons. The van der Waals surface area contributed by atoms with Gasteiger partial charge in [-0.15, -0.1) is 0 Å². The Labute approximate surface area is 139 Å². The van der Waals surface area contributed by atoms with Crippen LogP contribution in [0.1, 0.15) is 13.3 Å². The maximum Gasteiger partial charge on any atom is 0.270 e. The smallest absolute Gasteiger partial charge is 0.270 e. The maximum absolute atomic E-state index is 12.0. The van der Waals surface area contributed by atoms with E-state index in [1.165, 1.54) is 18.2 Å². The lowest BCUT2D eigenvalue weighted by Gasteiger charge is -2.08. The number of amides is 1. The number of sulfonamides is 1. The van der Waals surface area contributed by atoms with Crippen LogP contribution in [0, 0.1) is 10.1 Å². The first-order valence-electron chi connectivity index (χ1n) is 6.95. The number of benzene rings is 1. The minimum atomic E-state index is -3.84. The van der Waals surface area contributed by atoms with Gasteiger partial charge in [0, 0.05) is 37.4 Å². The summed E-state index contributed by atoms with van der Waals surface area (Å²) in [6.45, 7) is 2.17. The van der Waals surface area contributed by atoms with Crippen molar-refractivity contribution in [1.82, 2.24) is 10.0 Å². The summed E-state index contributed by atoms with van der Waals surface area (Å²) in [5.74, 6) is 1.53. The summed E-state index contributed by atoms with van der Waals surface area (Å²) in [6.07, 6.45) is 0.385. The number of rotatable bonds is 10. The average Bonchev–Trinajstić information content (AvgIpc) is 2.52. The van der Waals surface area contributed by atoms with Crippen LogP contribution in [0.15, 0.2) is 29.2 Å². The van der Waals surface area contributed by atoms with Crippen LogP contribution in [-0.4, -0.2) is 43.8 Å². The highest BCUT2D eigenvalue weighted by Gasteiger charge is 2.17. The summed E-state index contributed by atoms with van der Waals surface area (Å²) < 4.78 is 26.3. The highest BCUT2D eigenvalue weighted by atomic mass is 32.2. The fourth-order valence-corrected chi connectivity index (χ4v) is 3.32. The molecule has 1 amide bonds. The first kappa shape index (κ1) is 19.4. The maximum atomic E-state index is 12.0. The van der Waals surface area contributed by atoms with Crippen molar-refractivity contribution in [3.05, 3.63) is 34.4 Å². The van der Waals surface area contributed by atoms with Crippen molar-refractivity contribution in [3.63, 3.8) is 0 Å². The molecule has 0 spiro atoms. The zero-order valence-corrected chi connectivity index (χ0v) is 14.3. The van der Waals surface area contributed by atoms with E-state index in [9.17, 15) is 23.3 Å². The predicted molar refractivity (Wildman–Crippen MR) is 88.9 cm³/mol. The molecule has 0 saturated heterocycles. The van der Waals surface area contributed by atoms with Gasteiger partial charge in [-0.25, -0.2) is 13.1 Å². The van der Waals surface area contributed by atoms with Gasteiger partial charge < -0.3 is 5.32 Å². The lowest BCUT2D eigenvalue weighted by Crippen LogP contribution is -2.34. The van der Waals surface area contributed by atoms with E-state index in [0.717, 1.165) is 17.6 Å². The van der Waals surface area contributed by atoms with Crippen molar-refractivity contribution in [2.24, 2.45) is 0 Å². The second-order valence-corrected chi connectivity index (χ2v) is 7.61. The largest absolute Gasteiger partial charge is 0.355 e. The second-order valence-electron chi connectivity index (χ2n) is 4.45. The molecule has 0 aliphatic heterocycles. The minimum Gasteiger partial charge on any atom is -0.355 e. The van der Waals surface area contributed by atoms with Gasteiger partial charge in [0.25, 0.3) is 5.69 Å². The predicted octanol–water partition coefficient (Wildman–Crippen LogP) is 1.13. The van der Waals surface area contributed by atoms with E-state index in [0.29, 0.717) is 6.42 Å². The molecular weight excluding hydrogens is 342 g/mol. The number of non-ortho nitro benzene ring substituents is 1. The van der Waals surface area contributed by atoms with Crippen molar-refractivity contribution in [2.75, 3.05) is 24.6 Å². The molecule has 0 aliphatic rings. The molecule has 1 aromatic carbocycles. The number of carbonyl (C=O) groups excluding carboxylic acids is 1. The summed E-state index contributed by atoms with van der Waals surface area (Å²) in [5, 5.41) is 13.3. The highest BCUT2D eigenvalue weighted by molar-refractivity contribution is 7.99. The number of hydrogen-bond donors (Lipinski definition) is 2. The first-order valence-corrected chi connectivity index (χ1v) is 9.59. The number of hydrogen-bond acceptors (Lipinski definition) is 6. The Morgan fingerprint density at radius 1 is 1.35 bits per heavy atom. The Kier molecular flexibility index (Phi) is 8.00. The second kappa shape index (κ2) is 9.48. The van der Waals surface area contributed by atoms with Crippen LogP contribution < -0.4 is 10.0 Å². The standard InChI is InChI=1S/C13H19N3O5S2/c1-2-22-9-6-13(17)14-7-8-15-23(20,21)12-5-3-4-11(10-12)16(18)19/h3-5,10,15H,2,6-9H2,1H3,(H,14,17). The number of nitrogens with one attached hydrogen (secondary N) is 2. The van der Waals surface area contributed by atoms with Crippen molar-refractivity contribution >= 4 is 33.4 Å². The van der Waals surface area contributed by atoms with Crippen LogP contribution in [0.2, 0.25) is 0 Å². The number of thioether (sulfide) groups is 1. The zero-order chi connectivity index (χ0) is 17.3. The minimum absolute atomic E-state index is 0.0116. The summed E-state index contributed by atoms with van der Waals surface area (Å²) in [5.41, 5.74) is -0.297. The molecular formula is C13H19N3O5S2. The molecule has 0 saturated carbocycles. The molecule has 0 aliphatic carbocycles. The van der Waals surface area contributed by atoms with Gasteiger partial charge >= 0.3 is 0 Å². The molecule has 0 heterocycles. The van der Waals surface area contributed by atoms with E-state index in [-0.39, 0.29) is 29.6 Å². The van der Waals surface area contributed by atoms with Gasteiger partial charge in [0.1, 0.15) is 0 Å². The molecule has 0 fully saturated rings. The van der Waals surface area contributed by atoms with E-state index < -0.39 is 14.9 Å². The molecule has 128 valence electrons. The van der Waals surface area contributed by atoms with Crippen molar-refractivity contribution in [1.29, 1.82) is 0 Å². The van der Waals surface area contributed by atoms with Crippen LogP contribution in [0.25, 0.3) is 0 Å². The van der Waals surface area contributed by atoms with Crippen LogP contribution in [0.5, 0.6) is 0 Å². The molecule has 1 rings (SSSR count). The number of carbonyl (C=O) groups is 1. The number of nitro benzene ring substituents is 1. The zero-order valence-electron chi connectivity index (χ0n) is 12.6. The first-order chi connectivity index (χ1) is 10.9. The molecule has 10 heteroatoms. The molecule has 8 nitrogen and oxygen atoms in total. The number of nitrogens with zero attached hydrogens (tertiary/aromatic N) is 1. The van der Waals surface area contributed by atoms with Crippen LogP contribution in [0.4, 0.5) is 5.69 Å². The fourth-order valence-electron chi connectivity index (χ4n) is 1.63. The van der Waals surface area contributed by atoms with Crippen molar-refractivity contribution in [3.8, 4) is 0 Å². The van der Waals surface area contributed by atoms with Crippen LogP contribution in [0.3, 0.4) is 0 Å². The van der Waals surface area contributed by atoms with Crippen LogP contribution in [-0.2, 0) is 14.8 Å². The summed E-state index contributed by atoms with van der Waals surface area (Å²) >= 11 is 1.65. The molecule has 23 heavy (non-hydrogen) atoms. The Morgan fingerprint density at radius 3 is 2.74 bits per heavy atom. The monoisotopic (exact) mass is 361 g/mol. The van der Waals surface area contributed by atoms with Crippen LogP contribution >= 0.6 is 11.8 Å². The van der Waals surface area contributed by atoms with Gasteiger partial charge in [0.15, 0.2) is 0 Å². The van der Waals surface area contributed by atoms with Gasteiger partial charge in [-0.3, -0.25) is 14.9 Å². The van der Waals surface area contributed by atoms with E-state index in [1.807, 2.05) is 6.92 Å². The van der Waals surface area contributed by atoms with E-state index >= 15 is 0 Å². The number of nitro groups is 1. The van der Waals surface area contributed by atoms with E-state index in [2.05, 4.69) is 10.0 Å². The molecule has 1 aromatic rings. The average molecular weight is 361 g/mol. The van der Waals surface area contributed by atoms with Gasteiger partial charge in [0.2, 0.25) is 15.9 Å². The Bertz CT molecular complexity index is 649. The summed E-state index contributed by atoms with van der Waals surface area (Å²) in [6, 6.07) is 4.78. The van der Waals surface area contributed by atoms with Gasteiger partial charge in [-0.2, -0.15) is 11.8 Å². The molecule has 0 aromatic heterocycles. The third-order valence-electron chi connectivity index (χ3n) is 2.76. The lowest BCUT2D eigenvalue weighted by atomic mass is 10.3. The van der Waals surface area contributed by atoms with Gasteiger partial charge in [-0.1, -0.05) is 13.0 Å². The van der Waals surface area contributed by atoms with Gasteiger partial charge in [0.05, 0.1) is 9.82 Å². The quantitative estimate of drug-likeness (QED) is 0.366. The Morgan fingerprint density at radius 2 is 2.09 bits per heavy atom.